The first-order valence-electron chi connectivity index (χ1n) is 8.64. The molecule has 3 rings (SSSR count). The second-order valence-corrected chi connectivity index (χ2v) is 6.51. The third-order valence-electron chi connectivity index (χ3n) is 4.26. The lowest BCUT2D eigenvalue weighted by Crippen LogP contribution is -2.41. The number of nitro groups is 1. The van der Waals surface area contributed by atoms with E-state index in [1.54, 1.807) is 48.7 Å². The van der Waals surface area contributed by atoms with E-state index >= 15 is 0 Å². The van der Waals surface area contributed by atoms with Gasteiger partial charge >= 0.3 is 5.72 Å². The lowest BCUT2D eigenvalue weighted by Gasteiger charge is -2.24. The molecule has 1 aromatic carbocycles. The monoisotopic (exact) mass is 380 g/mol. The van der Waals surface area contributed by atoms with Crippen LogP contribution in [0.25, 0.3) is 0 Å². The molecule has 144 valence electrons. The average Bonchev–Trinajstić information content (AvgIpc) is 2.66. The number of hydrogen-bond donors (Lipinski definition) is 2. The Morgan fingerprint density at radius 2 is 2.21 bits per heavy atom. The molecule has 0 spiro atoms. The van der Waals surface area contributed by atoms with Crippen molar-refractivity contribution in [2.45, 2.75) is 25.7 Å². The summed E-state index contributed by atoms with van der Waals surface area (Å²) < 4.78 is 5.64. The summed E-state index contributed by atoms with van der Waals surface area (Å²) >= 11 is 0. The molecule has 1 atom stereocenters. The number of carbonyl (C=O) groups is 1. The molecule has 1 aliphatic carbocycles. The topological polar surface area (TPSA) is 120 Å². The smallest absolute Gasteiger partial charge is 0.349 e. The fraction of sp³-hybridized carbons (Fsp3) is 0.200. The van der Waals surface area contributed by atoms with Crippen LogP contribution >= 0.6 is 0 Å². The Morgan fingerprint density at radius 1 is 1.39 bits per heavy atom. The van der Waals surface area contributed by atoms with E-state index in [-0.39, 0.29) is 18.6 Å². The van der Waals surface area contributed by atoms with Crippen molar-refractivity contribution in [3.63, 3.8) is 0 Å². The first-order chi connectivity index (χ1) is 13.4. The minimum atomic E-state index is -1.83. The molecule has 8 heteroatoms. The van der Waals surface area contributed by atoms with E-state index in [9.17, 15) is 14.9 Å². The van der Waals surface area contributed by atoms with E-state index in [1.807, 2.05) is 6.92 Å². The number of ether oxygens (including phenoxy) is 1. The van der Waals surface area contributed by atoms with Gasteiger partial charge in [0.15, 0.2) is 0 Å². The van der Waals surface area contributed by atoms with Crippen LogP contribution in [0, 0.1) is 17.0 Å². The third-order valence-corrected chi connectivity index (χ3v) is 4.26. The van der Waals surface area contributed by atoms with E-state index in [0.29, 0.717) is 17.1 Å². The average molecular weight is 380 g/mol. The number of aryl methyl sites for hydroxylation is 1. The first kappa shape index (κ1) is 19.2. The number of nitrogens with two attached hydrogens (primary N) is 1. The quantitative estimate of drug-likeness (QED) is 0.344. The summed E-state index contributed by atoms with van der Waals surface area (Å²) in [5, 5.41) is 14.4. The van der Waals surface area contributed by atoms with Gasteiger partial charge in [0.2, 0.25) is 0 Å². The molecular formula is C20H20N4O4. The molecule has 1 heterocycles. The molecule has 1 aromatic heterocycles. The van der Waals surface area contributed by atoms with Gasteiger partial charge in [-0.05, 0) is 42.3 Å². The highest BCUT2D eigenvalue weighted by Gasteiger charge is 2.43. The van der Waals surface area contributed by atoms with Crippen LogP contribution in [0.1, 0.15) is 17.5 Å². The lowest BCUT2D eigenvalue weighted by atomic mass is 9.98. The highest BCUT2D eigenvalue weighted by Crippen LogP contribution is 2.28. The predicted octanol–water partition coefficient (Wildman–Crippen LogP) is 2.99. The number of nitrogens with one attached hydrogen (secondary N) is 1. The van der Waals surface area contributed by atoms with Crippen molar-refractivity contribution in [1.29, 1.82) is 0 Å². The Balaban J connectivity index is 1.79. The zero-order valence-electron chi connectivity index (χ0n) is 15.3. The van der Waals surface area contributed by atoms with Crippen LogP contribution < -0.4 is 11.1 Å². The highest BCUT2D eigenvalue weighted by molar-refractivity contribution is 6.05. The molecule has 0 saturated heterocycles. The number of rotatable bonds is 6. The van der Waals surface area contributed by atoms with Gasteiger partial charge in [0.05, 0.1) is 18.0 Å². The number of benzene rings is 1. The summed E-state index contributed by atoms with van der Waals surface area (Å²) in [6.45, 7) is 1.86. The Bertz CT molecular complexity index is 970. The van der Waals surface area contributed by atoms with Crippen LogP contribution in [0.2, 0.25) is 0 Å². The third kappa shape index (κ3) is 4.41. The fourth-order valence-electron chi connectivity index (χ4n) is 2.81. The van der Waals surface area contributed by atoms with Crippen LogP contribution in [0.3, 0.4) is 0 Å². The van der Waals surface area contributed by atoms with Crippen molar-refractivity contribution in [3.8, 4) is 0 Å². The molecule has 0 aliphatic heterocycles. The van der Waals surface area contributed by atoms with E-state index in [4.69, 9.17) is 10.5 Å². The summed E-state index contributed by atoms with van der Waals surface area (Å²) in [6, 6.07) is 10.4. The molecule has 1 amide bonds. The highest BCUT2D eigenvalue weighted by atomic mass is 16.7. The minimum absolute atomic E-state index is 0.00923. The molecule has 8 nitrogen and oxygen atoms in total. The number of hydrogen-bond acceptors (Lipinski definition) is 6. The molecule has 1 aliphatic rings. The Morgan fingerprint density at radius 3 is 2.93 bits per heavy atom. The SMILES string of the molecule is Cc1ccnc(NC(=O)C2=CC(OCc3cccc(N)c3)([N+](=O)[O-])CC=C2)c1. The number of carbonyl (C=O) groups excluding carboxylic acids is 1. The van der Waals surface area contributed by atoms with Crippen LogP contribution in [-0.4, -0.2) is 21.5 Å². The molecule has 28 heavy (non-hydrogen) atoms. The summed E-state index contributed by atoms with van der Waals surface area (Å²) in [4.78, 5) is 27.9. The molecule has 0 fully saturated rings. The van der Waals surface area contributed by atoms with Crippen molar-refractivity contribution in [3.05, 3.63) is 87.6 Å². The van der Waals surface area contributed by atoms with Crippen LogP contribution in [0.5, 0.6) is 0 Å². The van der Waals surface area contributed by atoms with Gasteiger partial charge in [0.1, 0.15) is 5.82 Å². The molecule has 1 unspecified atom stereocenters. The normalized spacial score (nSPS) is 18.4. The number of aromatic nitrogens is 1. The van der Waals surface area contributed by atoms with Crippen molar-refractivity contribution in [2.75, 3.05) is 11.1 Å². The van der Waals surface area contributed by atoms with E-state index in [0.717, 1.165) is 5.56 Å². The van der Waals surface area contributed by atoms with Crippen molar-refractivity contribution in [2.24, 2.45) is 0 Å². The minimum Gasteiger partial charge on any atom is -0.399 e. The van der Waals surface area contributed by atoms with Gasteiger partial charge in [-0.25, -0.2) is 4.98 Å². The van der Waals surface area contributed by atoms with Gasteiger partial charge in [-0.15, -0.1) is 0 Å². The van der Waals surface area contributed by atoms with E-state index in [1.165, 1.54) is 12.2 Å². The second-order valence-electron chi connectivity index (χ2n) is 6.51. The number of pyridine rings is 1. The molecule has 0 saturated carbocycles. The number of nitrogens with zero attached hydrogens (tertiary/aromatic N) is 2. The Labute approximate surface area is 161 Å². The Hall–Kier alpha value is -3.52. The maximum atomic E-state index is 12.5. The number of amides is 1. The van der Waals surface area contributed by atoms with Gasteiger partial charge in [-0.3, -0.25) is 14.9 Å². The summed E-state index contributed by atoms with van der Waals surface area (Å²) in [7, 11) is 0. The van der Waals surface area contributed by atoms with Gasteiger partial charge in [0, 0.05) is 23.5 Å². The van der Waals surface area contributed by atoms with Gasteiger partial charge < -0.3 is 15.8 Å². The maximum absolute atomic E-state index is 12.5. The molecule has 2 aromatic rings. The molecule has 3 N–H and O–H groups in total. The molecule has 0 bridgehead atoms. The standard InChI is InChI=1S/C20H20N4O4/c1-14-7-9-22-18(10-14)23-19(25)16-5-3-8-20(12-16,24(26)27)28-13-15-4-2-6-17(21)11-15/h2-7,9-12H,8,13,21H2,1H3,(H,22,23,25). The molecule has 0 radical (unpaired) electrons. The summed E-state index contributed by atoms with van der Waals surface area (Å²) in [5.41, 5.74) is 6.23. The van der Waals surface area contributed by atoms with E-state index in [2.05, 4.69) is 10.3 Å². The fourth-order valence-corrected chi connectivity index (χ4v) is 2.81. The maximum Gasteiger partial charge on any atom is 0.349 e. The largest absolute Gasteiger partial charge is 0.399 e. The summed E-state index contributed by atoms with van der Waals surface area (Å²) in [6.07, 6.45) is 5.93. The molecular weight excluding hydrogens is 360 g/mol. The zero-order valence-corrected chi connectivity index (χ0v) is 15.3. The first-order valence-corrected chi connectivity index (χ1v) is 8.64. The van der Waals surface area contributed by atoms with Crippen LogP contribution in [0.4, 0.5) is 11.5 Å². The van der Waals surface area contributed by atoms with Crippen molar-refractivity contribution < 1.29 is 14.5 Å². The number of anilines is 2. The van der Waals surface area contributed by atoms with Gasteiger partial charge in [-0.2, -0.15) is 0 Å². The summed E-state index contributed by atoms with van der Waals surface area (Å²) in [5.74, 6) is -0.120. The van der Waals surface area contributed by atoms with Crippen LogP contribution in [-0.2, 0) is 16.1 Å². The van der Waals surface area contributed by atoms with Crippen LogP contribution in [0.15, 0.2) is 66.4 Å². The number of nitrogen functional groups attached to an aromatic ring is 1. The van der Waals surface area contributed by atoms with Gasteiger partial charge in [0.25, 0.3) is 5.91 Å². The van der Waals surface area contributed by atoms with Gasteiger partial charge in [-0.1, -0.05) is 24.3 Å². The van der Waals surface area contributed by atoms with Crippen molar-refractivity contribution >= 4 is 17.4 Å². The predicted molar refractivity (Wildman–Crippen MR) is 105 cm³/mol. The second kappa shape index (κ2) is 8.01. The van der Waals surface area contributed by atoms with E-state index < -0.39 is 16.6 Å². The Kier molecular flexibility index (Phi) is 5.51. The zero-order chi connectivity index (χ0) is 20.1. The van der Waals surface area contributed by atoms with Crippen molar-refractivity contribution in [1.82, 2.24) is 4.98 Å². The lowest BCUT2D eigenvalue weighted by molar-refractivity contribution is -0.614.